The van der Waals surface area contributed by atoms with Crippen LogP contribution < -0.4 is 0 Å². The molecule has 0 spiro atoms. The standard InChI is InChI=1S/C15H19FOS2/c1-3-14-15(19-7-6-18-14)13(17)9-11-8-12(16)5-4-10(11)2/h4-5,8,14-15H,3,6-7,9H2,1-2H3. The second-order valence-corrected chi connectivity index (χ2v) is 7.42. The van der Waals surface area contributed by atoms with Gasteiger partial charge in [0.2, 0.25) is 0 Å². The van der Waals surface area contributed by atoms with E-state index in [0.717, 1.165) is 29.1 Å². The molecule has 1 aromatic carbocycles. The molecule has 2 rings (SSSR count). The number of thioether (sulfide) groups is 2. The summed E-state index contributed by atoms with van der Waals surface area (Å²) in [6.45, 7) is 4.07. The van der Waals surface area contributed by atoms with Crippen LogP contribution in [-0.4, -0.2) is 27.8 Å². The predicted octanol–water partition coefficient (Wildman–Crippen LogP) is 3.87. The molecule has 2 atom stereocenters. The van der Waals surface area contributed by atoms with Crippen LogP contribution in [0.5, 0.6) is 0 Å². The van der Waals surface area contributed by atoms with Gasteiger partial charge in [0.05, 0.1) is 5.25 Å². The Labute approximate surface area is 122 Å². The molecule has 1 aliphatic rings. The van der Waals surface area contributed by atoms with E-state index in [1.54, 1.807) is 17.8 Å². The van der Waals surface area contributed by atoms with Crippen molar-refractivity contribution < 1.29 is 9.18 Å². The molecule has 1 fully saturated rings. The number of ketones is 1. The number of hydrogen-bond donors (Lipinski definition) is 0. The third-order valence-electron chi connectivity index (χ3n) is 3.45. The molecule has 0 amide bonds. The maximum Gasteiger partial charge on any atom is 0.151 e. The summed E-state index contributed by atoms with van der Waals surface area (Å²) in [6.07, 6.45) is 1.38. The first-order valence-corrected chi connectivity index (χ1v) is 8.72. The Bertz CT molecular complexity index is 461. The minimum absolute atomic E-state index is 0.0754. The molecule has 0 aromatic heterocycles. The van der Waals surface area contributed by atoms with Gasteiger partial charge in [0.15, 0.2) is 5.78 Å². The number of carbonyl (C=O) groups is 1. The van der Waals surface area contributed by atoms with Crippen molar-refractivity contribution in [2.75, 3.05) is 11.5 Å². The summed E-state index contributed by atoms with van der Waals surface area (Å²) >= 11 is 3.67. The molecule has 0 saturated carbocycles. The first-order chi connectivity index (χ1) is 9.11. The van der Waals surface area contributed by atoms with Gasteiger partial charge in [-0.2, -0.15) is 11.8 Å². The highest BCUT2D eigenvalue weighted by atomic mass is 32.2. The van der Waals surface area contributed by atoms with E-state index in [1.807, 2.05) is 18.7 Å². The number of Topliss-reactive ketones (excluding diaryl/α,β-unsaturated/α-hetero) is 1. The fourth-order valence-corrected chi connectivity index (χ4v) is 5.36. The van der Waals surface area contributed by atoms with E-state index in [-0.39, 0.29) is 16.9 Å². The summed E-state index contributed by atoms with van der Waals surface area (Å²) in [5, 5.41) is 0.492. The average Bonchev–Trinajstić information content (AvgIpc) is 2.42. The zero-order chi connectivity index (χ0) is 13.8. The lowest BCUT2D eigenvalue weighted by atomic mass is 10.00. The molecule has 1 aromatic rings. The second kappa shape index (κ2) is 6.80. The van der Waals surface area contributed by atoms with Gasteiger partial charge in [-0.05, 0) is 36.6 Å². The van der Waals surface area contributed by atoms with Gasteiger partial charge in [0.1, 0.15) is 5.82 Å². The fourth-order valence-electron chi connectivity index (χ4n) is 2.32. The largest absolute Gasteiger partial charge is 0.298 e. The second-order valence-electron chi connectivity index (χ2n) is 4.82. The molecule has 19 heavy (non-hydrogen) atoms. The number of benzene rings is 1. The fraction of sp³-hybridized carbons (Fsp3) is 0.533. The lowest BCUT2D eigenvalue weighted by Gasteiger charge is -2.28. The SMILES string of the molecule is CCC1SCCSC1C(=O)Cc1cc(F)ccc1C. The van der Waals surface area contributed by atoms with Crippen molar-refractivity contribution in [2.45, 2.75) is 37.2 Å². The van der Waals surface area contributed by atoms with Gasteiger partial charge in [0, 0.05) is 23.2 Å². The van der Waals surface area contributed by atoms with Crippen LogP contribution in [0.25, 0.3) is 0 Å². The Morgan fingerprint density at radius 2 is 2.11 bits per heavy atom. The van der Waals surface area contributed by atoms with E-state index in [9.17, 15) is 9.18 Å². The molecule has 1 saturated heterocycles. The van der Waals surface area contributed by atoms with Crippen LogP contribution in [0.3, 0.4) is 0 Å². The Morgan fingerprint density at radius 1 is 1.37 bits per heavy atom. The molecule has 2 unspecified atom stereocenters. The lowest BCUT2D eigenvalue weighted by molar-refractivity contribution is -0.117. The molecule has 4 heteroatoms. The van der Waals surface area contributed by atoms with Gasteiger partial charge in [-0.1, -0.05) is 13.0 Å². The summed E-state index contributed by atoms with van der Waals surface area (Å²) in [6, 6.07) is 4.69. The van der Waals surface area contributed by atoms with Crippen molar-refractivity contribution in [3.63, 3.8) is 0 Å². The predicted molar refractivity (Wildman–Crippen MR) is 82.6 cm³/mol. The number of rotatable bonds is 4. The first-order valence-electron chi connectivity index (χ1n) is 6.62. The zero-order valence-corrected chi connectivity index (χ0v) is 13.0. The lowest BCUT2D eigenvalue weighted by Crippen LogP contribution is -2.33. The molecule has 1 heterocycles. The zero-order valence-electron chi connectivity index (χ0n) is 11.3. The monoisotopic (exact) mass is 298 g/mol. The van der Waals surface area contributed by atoms with Gasteiger partial charge < -0.3 is 0 Å². The minimum atomic E-state index is -0.258. The Kier molecular flexibility index (Phi) is 5.34. The van der Waals surface area contributed by atoms with Gasteiger partial charge in [0.25, 0.3) is 0 Å². The van der Waals surface area contributed by atoms with Crippen molar-refractivity contribution in [3.8, 4) is 0 Å². The van der Waals surface area contributed by atoms with E-state index in [1.165, 1.54) is 12.1 Å². The topological polar surface area (TPSA) is 17.1 Å². The van der Waals surface area contributed by atoms with Crippen molar-refractivity contribution in [1.29, 1.82) is 0 Å². The third-order valence-corrected chi connectivity index (χ3v) is 6.74. The molecule has 104 valence electrons. The van der Waals surface area contributed by atoms with Crippen molar-refractivity contribution in [2.24, 2.45) is 0 Å². The molecular formula is C15H19FOS2. The smallest absolute Gasteiger partial charge is 0.151 e. The van der Waals surface area contributed by atoms with Crippen LogP contribution in [0.15, 0.2) is 18.2 Å². The number of aryl methyl sites for hydroxylation is 1. The van der Waals surface area contributed by atoms with E-state index in [4.69, 9.17) is 0 Å². The van der Waals surface area contributed by atoms with E-state index < -0.39 is 0 Å². The molecule has 1 aliphatic heterocycles. The van der Waals surface area contributed by atoms with E-state index >= 15 is 0 Å². The quantitative estimate of drug-likeness (QED) is 0.840. The molecular weight excluding hydrogens is 279 g/mol. The third kappa shape index (κ3) is 3.76. The maximum absolute atomic E-state index is 13.3. The Morgan fingerprint density at radius 3 is 2.84 bits per heavy atom. The highest BCUT2D eigenvalue weighted by Gasteiger charge is 2.30. The molecule has 0 N–H and O–H groups in total. The van der Waals surface area contributed by atoms with Crippen molar-refractivity contribution in [3.05, 3.63) is 35.1 Å². The van der Waals surface area contributed by atoms with Gasteiger partial charge in [-0.25, -0.2) is 4.39 Å². The van der Waals surface area contributed by atoms with Crippen LogP contribution in [-0.2, 0) is 11.2 Å². The average molecular weight is 298 g/mol. The summed E-state index contributed by atoms with van der Waals surface area (Å²) in [5.74, 6) is 2.16. The maximum atomic E-state index is 13.3. The van der Waals surface area contributed by atoms with E-state index in [0.29, 0.717) is 11.7 Å². The summed E-state index contributed by atoms with van der Waals surface area (Å²) in [5.41, 5.74) is 1.83. The number of hydrogen-bond acceptors (Lipinski definition) is 3. The summed E-state index contributed by atoms with van der Waals surface area (Å²) in [7, 11) is 0. The molecule has 0 aliphatic carbocycles. The number of carbonyl (C=O) groups excluding carboxylic acids is 1. The van der Waals surface area contributed by atoms with Crippen LogP contribution in [0.2, 0.25) is 0 Å². The number of halogens is 1. The normalized spacial score (nSPS) is 23.3. The first kappa shape index (κ1) is 14.9. The van der Waals surface area contributed by atoms with Crippen LogP contribution in [0.4, 0.5) is 4.39 Å². The minimum Gasteiger partial charge on any atom is -0.298 e. The highest BCUT2D eigenvalue weighted by Crippen LogP contribution is 2.34. The van der Waals surface area contributed by atoms with Crippen LogP contribution in [0, 0.1) is 12.7 Å². The van der Waals surface area contributed by atoms with Crippen LogP contribution >= 0.6 is 23.5 Å². The molecule has 0 bridgehead atoms. The van der Waals surface area contributed by atoms with Crippen LogP contribution in [0.1, 0.15) is 24.5 Å². The van der Waals surface area contributed by atoms with Gasteiger partial charge in [-0.3, -0.25) is 4.79 Å². The van der Waals surface area contributed by atoms with E-state index in [2.05, 4.69) is 6.92 Å². The Hall–Kier alpha value is -0.480. The summed E-state index contributed by atoms with van der Waals surface area (Å²) in [4.78, 5) is 12.4. The van der Waals surface area contributed by atoms with Gasteiger partial charge >= 0.3 is 0 Å². The molecule has 1 nitrogen and oxygen atoms in total. The summed E-state index contributed by atoms with van der Waals surface area (Å²) < 4.78 is 13.3. The van der Waals surface area contributed by atoms with Gasteiger partial charge in [-0.15, -0.1) is 11.8 Å². The Balaban J connectivity index is 2.09. The van der Waals surface area contributed by atoms with Crippen molar-refractivity contribution in [1.82, 2.24) is 0 Å². The molecule has 0 radical (unpaired) electrons. The van der Waals surface area contributed by atoms with Crippen molar-refractivity contribution >= 4 is 29.3 Å². The highest BCUT2D eigenvalue weighted by molar-refractivity contribution is 8.07.